The van der Waals surface area contributed by atoms with E-state index in [1.165, 1.54) is 0 Å². The van der Waals surface area contributed by atoms with Crippen LogP contribution in [0.3, 0.4) is 0 Å². The van der Waals surface area contributed by atoms with E-state index in [0.29, 0.717) is 25.7 Å². The minimum absolute atomic E-state index is 0.582. The molecule has 5 heterocycles. The number of hydrogen-bond acceptors (Lipinski definition) is 8. The Morgan fingerprint density at radius 1 is 1.18 bits per heavy atom. The number of morpholine rings is 1. The molecule has 0 saturated carbocycles. The molecule has 8 nitrogen and oxygen atoms in total. The Balaban J connectivity index is 1.46. The molecular formula is C20H26N6O2. The summed E-state index contributed by atoms with van der Waals surface area (Å²) in [6.45, 7) is 6.77. The molecule has 0 amide bonds. The fraction of sp³-hybridized carbons (Fsp3) is 0.550. The van der Waals surface area contributed by atoms with Crippen LogP contribution >= 0.6 is 0 Å². The summed E-state index contributed by atoms with van der Waals surface area (Å²) >= 11 is 0. The third-order valence-corrected chi connectivity index (χ3v) is 5.62. The van der Waals surface area contributed by atoms with E-state index in [-0.39, 0.29) is 0 Å². The van der Waals surface area contributed by atoms with Gasteiger partial charge < -0.3 is 24.2 Å². The Kier molecular flexibility index (Phi) is 4.74. The minimum atomic E-state index is 0.582. The maximum Gasteiger partial charge on any atom is 0.230 e. The highest BCUT2D eigenvalue weighted by Crippen LogP contribution is 2.38. The normalized spacial score (nSPS) is 20.2. The molecule has 0 bridgehead atoms. The Labute approximate surface area is 165 Å². The second kappa shape index (κ2) is 7.52. The maximum absolute atomic E-state index is 6.24. The molecule has 28 heavy (non-hydrogen) atoms. The zero-order chi connectivity index (χ0) is 18.9. The van der Waals surface area contributed by atoms with Crippen molar-refractivity contribution in [1.29, 1.82) is 0 Å². The second-order valence-electron chi connectivity index (χ2n) is 7.74. The molecule has 0 radical (unpaired) electrons. The number of fused-ring (bicyclic) bond motifs is 1. The fourth-order valence-electron chi connectivity index (χ4n) is 4.13. The first kappa shape index (κ1) is 17.6. The van der Waals surface area contributed by atoms with Gasteiger partial charge in [0, 0.05) is 44.8 Å². The molecule has 0 N–H and O–H groups in total. The predicted molar refractivity (Wildman–Crippen MR) is 106 cm³/mol. The zero-order valence-electron chi connectivity index (χ0n) is 16.3. The SMILES string of the molecule is CN1CC(COc2nc(N3CCOCC3)nc3c2CCN3c2cccnc2)C1. The van der Waals surface area contributed by atoms with Gasteiger partial charge in [-0.3, -0.25) is 4.98 Å². The van der Waals surface area contributed by atoms with Crippen LogP contribution in [0.1, 0.15) is 5.56 Å². The average molecular weight is 382 g/mol. The molecule has 5 rings (SSSR count). The Morgan fingerprint density at radius 3 is 2.79 bits per heavy atom. The molecule has 0 aromatic carbocycles. The molecule has 0 aliphatic carbocycles. The monoisotopic (exact) mass is 382 g/mol. The summed E-state index contributed by atoms with van der Waals surface area (Å²) in [7, 11) is 2.14. The third kappa shape index (κ3) is 3.38. The van der Waals surface area contributed by atoms with Crippen LogP contribution in [0.2, 0.25) is 0 Å². The summed E-state index contributed by atoms with van der Waals surface area (Å²) in [5.41, 5.74) is 2.16. The minimum Gasteiger partial charge on any atom is -0.477 e. The molecule has 148 valence electrons. The van der Waals surface area contributed by atoms with Crippen molar-refractivity contribution in [2.24, 2.45) is 5.92 Å². The fourth-order valence-corrected chi connectivity index (χ4v) is 4.13. The van der Waals surface area contributed by atoms with Crippen molar-refractivity contribution in [1.82, 2.24) is 19.9 Å². The van der Waals surface area contributed by atoms with Gasteiger partial charge in [0.15, 0.2) is 0 Å². The zero-order valence-corrected chi connectivity index (χ0v) is 16.3. The van der Waals surface area contributed by atoms with Gasteiger partial charge in [0.1, 0.15) is 5.82 Å². The number of likely N-dealkylation sites (tertiary alicyclic amines) is 1. The molecule has 8 heteroatoms. The van der Waals surface area contributed by atoms with E-state index in [2.05, 4.69) is 32.8 Å². The van der Waals surface area contributed by atoms with Gasteiger partial charge in [0.05, 0.1) is 37.3 Å². The van der Waals surface area contributed by atoms with Crippen LogP contribution < -0.4 is 14.5 Å². The van der Waals surface area contributed by atoms with E-state index in [0.717, 1.165) is 68.0 Å². The van der Waals surface area contributed by atoms with E-state index < -0.39 is 0 Å². The van der Waals surface area contributed by atoms with Crippen LogP contribution in [0, 0.1) is 5.92 Å². The summed E-state index contributed by atoms with van der Waals surface area (Å²) < 4.78 is 11.7. The summed E-state index contributed by atoms with van der Waals surface area (Å²) in [5.74, 6) is 3.01. The quantitative estimate of drug-likeness (QED) is 0.768. The number of anilines is 3. The summed E-state index contributed by atoms with van der Waals surface area (Å²) in [5, 5.41) is 0. The first-order valence-electron chi connectivity index (χ1n) is 10.0. The number of ether oxygens (including phenoxy) is 2. The molecule has 2 fully saturated rings. The number of pyridine rings is 1. The van der Waals surface area contributed by atoms with Gasteiger partial charge in [-0.2, -0.15) is 9.97 Å². The highest BCUT2D eigenvalue weighted by molar-refractivity contribution is 5.69. The first-order chi connectivity index (χ1) is 13.8. The van der Waals surface area contributed by atoms with E-state index in [4.69, 9.17) is 19.4 Å². The lowest BCUT2D eigenvalue weighted by Gasteiger charge is -2.35. The van der Waals surface area contributed by atoms with Crippen molar-refractivity contribution in [3.63, 3.8) is 0 Å². The van der Waals surface area contributed by atoms with Gasteiger partial charge in [-0.1, -0.05) is 0 Å². The van der Waals surface area contributed by atoms with Crippen LogP contribution in [0.5, 0.6) is 5.88 Å². The van der Waals surface area contributed by atoms with Crippen LogP contribution in [0.25, 0.3) is 0 Å². The van der Waals surface area contributed by atoms with Crippen molar-refractivity contribution >= 4 is 17.5 Å². The summed E-state index contributed by atoms with van der Waals surface area (Å²) in [6, 6.07) is 4.03. The summed E-state index contributed by atoms with van der Waals surface area (Å²) in [6.07, 6.45) is 4.56. The molecule has 2 saturated heterocycles. The van der Waals surface area contributed by atoms with Crippen molar-refractivity contribution in [3.8, 4) is 5.88 Å². The second-order valence-corrected chi connectivity index (χ2v) is 7.74. The van der Waals surface area contributed by atoms with Crippen LogP contribution in [0.4, 0.5) is 17.5 Å². The van der Waals surface area contributed by atoms with Crippen molar-refractivity contribution in [2.75, 3.05) is 69.4 Å². The molecule has 2 aromatic rings. The molecule has 2 aromatic heterocycles. The number of aromatic nitrogens is 3. The lowest BCUT2D eigenvalue weighted by molar-refractivity contribution is 0.0834. The van der Waals surface area contributed by atoms with Gasteiger partial charge in [-0.25, -0.2) is 0 Å². The van der Waals surface area contributed by atoms with Crippen LogP contribution in [0.15, 0.2) is 24.5 Å². The highest BCUT2D eigenvalue weighted by Gasteiger charge is 2.31. The van der Waals surface area contributed by atoms with Crippen LogP contribution in [-0.2, 0) is 11.2 Å². The van der Waals surface area contributed by atoms with Gasteiger partial charge in [0.25, 0.3) is 0 Å². The number of hydrogen-bond donors (Lipinski definition) is 0. The van der Waals surface area contributed by atoms with Gasteiger partial charge in [-0.05, 0) is 25.6 Å². The van der Waals surface area contributed by atoms with Crippen molar-refractivity contribution < 1.29 is 9.47 Å². The van der Waals surface area contributed by atoms with Gasteiger partial charge in [0.2, 0.25) is 11.8 Å². The average Bonchev–Trinajstić information content (AvgIpc) is 3.15. The molecule has 0 spiro atoms. The predicted octanol–water partition coefficient (Wildman–Crippen LogP) is 1.34. The molecular weight excluding hydrogens is 356 g/mol. The molecule has 0 atom stereocenters. The van der Waals surface area contributed by atoms with Crippen molar-refractivity contribution in [2.45, 2.75) is 6.42 Å². The number of nitrogens with zero attached hydrogens (tertiary/aromatic N) is 6. The van der Waals surface area contributed by atoms with E-state index in [1.807, 2.05) is 12.3 Å². The van der Waals surface area contributed by atoms with Crippen molar-refractivity contribution in [3.05, 3.63) is 30.1 Å². The third-order valence-electron chi connectivity index (χ3n) is 5.62. The van der Waals surface area contributed by atoms with Crippen LogP contribution in [-0.4, -0.2) is 79.4 Å². The highest BCUT2D eigenvalue weighted by atomic mass is 16.5. The Bertz CT molecular complexity index is 821. The number of rotatable bonds is 5. The Morgan fingerprint density at radius 2 is 2.04 bits per heavy atom. The molecule has 0 unspecified atom stereocenters. The summed E-state index contributed by atoms with van der Waals surface area (Å²) in [4.78, 5) is 20.8. The molecule has 3 aliphatic rings. The van der Waals surface area contributed by atoms with E-state index in [1.54, 1.807) is 6.20 Å². The molecule has 3 aliphatic heterocycles. The lowest BCUT2D eigenvalue weighted by Crippen LogP contribution is -2.46. The van der Waals surface area contributed by atoms with E-state index >= 15 is 0 Å². The van der Waals surface area contributed by atoms with E-state index in [9.17, 15) is 0 Å². The lowest BCUT2D eigenvalue weighted by atomic mass is 10.0. The smallest absolute Gasteiger partial charge is 0.230 e. The topological polar surface area (TPSA) is 66.8 Å². The standard InChI is InChI=1S/C20H26N6O2/c1-24-12-15(13-24)14-28-19-17-4-6-26(16-3-2-5-21-11-16)18(17)22-20(23-19)25-7-9-27-10-8-25/h2-3,5,11,15H,4,6-10,12-14H2,1H3. The maximum atomic E-state index is 6.24. The largest absolute Gasteiger partial charge is 0.477 e. The first-order valence-corrected chi connectivity index (χ1v) is 10.0. The van der Waals surface area contributed by atoms with Gasteiger partial charge in [-0.15, -0.1) is 0 Å². The Hall–Kier alpha value is -2.45. The van der Waals surface area contributed by atoms with Gasteiger partial charge >= 0.3 is 0 Å².